The fraction of sp³-hybridized carbons (Fsp3) is 0.387. The molecule has 0 radical (unpaired) electrons. The van der Waals surface area contributed by atoms with Crippen LogP contribution in [0.25, 0.3) is 0 Å². The third-order valence-electron chi connectivity index (χ3n) is 8.76. The predicted molar refractivity (Wildman–Crippen MR) is 157 cm³/mol. The fourth-order valence-corrected chi connectivity index (χ4v) is 9.38. The Morgan fingerprint density at radius 2 is 1.65 bits per heavy atom. The van der Waals surface area contributed by atoms with E-state index in [1.165, 1.54) is 11.8 Å². The molecule has 4 aliphatic rings. The van der Waals surface area contributed by atoms with Crippen LogP contribution in [-0.4, -0.2) is 80.9 Å². The zero-order valence-corrected chi connectivity index (χ0v) is 24.0. The van der Waals surface area contributed by atoms with Crippen LogP contribution >= 0.6 is 23.4 Å². The quantitative estimate of drug-likeness (QED) is 0.550. The van der Waals surface area contributed by atoms with Crippen molar-refractivity contribution in [1.82, 2.24) is 9.80 Å². The van der Waals surface area contributed by atoms with E-state index in [1.54, 1.807) is 33.9 Å². The van der Waals surface area contributed by atoms with Gasteiger partial charge in [-0.3, -0.25) is 14.4 Å². The summed E-state index contributed by atoms with van der Waals surface area (Å²) in [4.78, 5) is 48.1. The van der Waals surface area contributed by atoms with Gasteiger partial charge in [-0.05, 0) is 31.0 Å². The number of hydrogen-bond acceptors (Lipinski definition) is 5. The van der Waals surface area contributed by atoms with Gasteiger partial charge in [-0.15, -0.1) is 11.8 Å². The first kappa shape index (κ1) is 27.1. The Morgan fingerprint density at radius 1 is 0.950 bits per heavy atom. The van der Waals surface area contributed by atoms with Crippen LogP contribution in [0.15, 0.2) is 78.9 Å². The molecule has 1 spiro atoms. The van der Waals surface area contributed by atoms with E-state index in [0.29, 0.717) is 23.7 Å². The molecule has 6 rings (SSSR count). The number of carbonyl (C=O) groups excluding carboxylic acids is 3. The summed E-state index contributed by atoms with van der Waals surface area (Å²) in [6, 6.07) is 15.2. The average molecular weight is 578 g/mol. The maximum Gasteiger partial charge on any atom is 0.251 e. The molecule has 9 heteroatoms. The van der Waals surface area contributed by atoms with E-state index < -0.39 is 33.4 Å². The van der Waals surface area contributed by atoms with Crippen LogP contribution in [0, 0.1) is 11.8 Å². The van der Waals surface area contributed by atoms with Gasteiger partial charge in [0.25, 0.3) is 5.91 Å². The predicted octanol–water partition coefficient (Wildman–Crippen LogP) is 3.56. The third-order valence-corrected chi connectivity index (χ3v) is 10.9. The largest absolute Gasteiger partial charge is 0.394 e. The van der Waals surface area contributed by atoms with Gasteiger partial charge in [0.15, 0.2) is 0 Å². The summed E-state index contributed by atoms with van der Waals surface area (Å²) in [5.74, 6) is -2.05. The summed E-state index contributed by atoms with van der Waals surface area (Å²) in [6.45, 7) is 2.43. The molecule has 0 saturated carbocycles. The van der Waals surface area contributed by atoms with Gasteiger partial charge < -0.3 is 19.8 Å². The van der Waals surface area contributed by atoms with Crippen LogP contribution in [0.1, 0.15) is 12.5 Å². The first-order valence-electron chi connectivity index (χ1n) is 13.6. The summed E-state index contributed by atoms with van der Waals surface area (Å²) in [6.07, 6.45) is 8.30. The van der Waals surface area contributed by atoms with Crippen molar-refractivity contribution < 1.29 is 19.5 Å². The lowest BCUT2D eigenvalue weighted by molar-refractivity contribution is -0.144. The van der Waals surface area contributed by atoms with Crippen molar-refractivity contribution in [2.45, 2.75) is 34.9 Å². The number of nitrogens with zero attached hydrogens (tertiary/aromatic N) is 3. The topological polar surface area (TPSA) is 81.2 Å². The van der Waals surface area contributed by atoms with Gasteiger partial charge in [0, 0.05) is 24.9 Å². The summed E-state index contributed by atoms with van der Waals surface area (Å²) in [5.41, 5.74) is 1.51. The lowest BCUT2D eigenvalue weighted by atomic mass is 9.74. The van der Waals surface area contributed by atoms with Crippen LogP contribution in [0.4, 0.5) is 5.69 Å². The maximum absolute atomic E-state index is 14.7. The van der Waals surface area contributed by atoms with E-state index in [-0.39, 0.29) is 30.9 Å². The minimum Gasteiger partial charge on any atom is -0.394 e. The van der Waals surface area contributed by atoms with Crippen molar-refractivity contribution in [2.75, 3.05) is 31.6 Å². The number of aliphatic hydroxyl groups excluding tert-OH is 1. The molecule has 0 bridgehead atoms. The van der Waals surface area contributed by atoms with Gasteiger partial charge >= 0.3 is 0 Å². The zero-order valence-electron chi connectivity index (χ0n) is 22.4. The number of benzene rings is 2. The highest BCUT2D eigenvalue weighted by Crippen LogP contribution is 2.66. The molecule has 4 heterocycles. The van der Waals surface area contributed by atoms with Crippen molar-refractivity contribution in [3.8, 4) is 0 Å². The van der Waals surface area contributed by atoms with Gasteiger partial charge in [-0.1, -0.05) is 78.4 Å². The Hall–Kier alpha value is -3.07. The Morgan fingerprint density at radius 3 is 2.38 bits per heavy atom. The van der Waals surface area contributed by atoms with Gasteiger partial charge in [-0.2, -0.15) is 0 Å². The van der Waals surface area contributed by atoms with Crippen LogP contribution in [0.3, 0.4) is 0 Å². The van der Waals surface area contributed by atoms with Crippen molar-refractivity contribution in [3.63, 3.8) is 0 Å². The smallest absolute Gasteiger partial charge is 0.251 e. The van der Waals surface area contributed by atoms with E-state index in [2.05, 4.69) is 0 Å². The molecule has 2 fully saturated rings. The number of anilines is 1. The number of para-hydroxylation sites is 1. The number of thioether (sulfide) groups is 1. The SMILES string of the molecule is CN1CC=C[C@]2(C)S[C@]34C=CCN(c5ccccc5Cl)C(=O)C3N([C@@H](CO)Cc3ccccc3)C(=O)[C@@H]4[C@@H]2C1=O. The Balaban J connectivity index is 1.52. The highest BCUT2D eigenvalue weighted by Gasteiger charge is 2.74. The number of fused-ring (bicyclic) bond motifs is 2. The summed E-state index contributed by atoms with van der Waals surface area (Å²) in [5, 5.41) is 11.1. The number of hydrogen-bond donors (Lipinski definition) is 1. The molecular weight excluding hydrogens is 546 g/mol. The summed E-state index contributed by atoms with van der Waals surface area (Å²) >= 11 is 8.10. The van der Waals surface area contributed by atoms with Crippen LogP contribution < -0.4 is 4.90 Å². The number of likely N-dealkylation sites (N-methyl/N-ethyl adjacent to an activating group) is 1. The lowest BCUT2D eigenvalue weighted by Crippen LogP contribution is -2.57. The van der Waals surface area contributed by atoms with Gasteiger partial charge in [0.1, 0.15) is 6.04 Å². The van der Waals surface area contributed by atoms with E-state index in [1.807, 2.05) is 73.7 Å². The molecule has 4 aliphatic heterocycles. The number of amides is 3. The maximum atomic E-state index is 14.7. The second kappa shape index (κ2) is 10.1. The second-order valence-corrected chi connectivity index (χ2v) is 13.4. The minimum atomic E-state index is -0.994. The Bertz CT molecular complexity index is 1420. The fourth-order valence-electron chi connectivity index (χ4n) is 7.00. The molecule has 2 saturated heterocycles. The first-order valence-corrected chi connectivity index (χ1v) is 14.7. The van der Waals surface area contributed by atoms with E-state index >= 15 is 0 Å². The molecule has 2 aromatic carbocycles. The number of likely N-dealkylation sites (tertiary alicyclic amines) is 1. The van der Waals surface area contributed by atoms with Crippen LogP contribution in [0.2, 0.25) is 5.02 Å². The monoisotopic (exact) mass is 577 g/mol. The molecule has 208 valence electrons. The third kappa shape index (κ3) is 4.03. The molecule has 0 aromatic heterocycles. The standard InChI is InChI=1S/C31H32ClN3O4S/c1-30-14-8-16-33(2)27(37)24(30)25-28(38)35(21(19-36)18-20-10-4-3-5-11-20)26-29(39)34(17-9-15-31(25,26)40-30)23-13-7-6-12-22(23)32/h3-15,21,24-26,36H,16-19H2,1-2H3/t21-,24-,25+,26?,30+,31+/m1/s1. The molecule has 40 heavy (non-hydrogen) atoms. The number of rotatable bonds is 5. The van der Waals surface area contributed by atoms with Crippen molar-refractivity contribution in [3.05, 3.63) is 89.5 Å². The number of carbonyl (C=O) groups is 3. The average Bonchev–Trinajstić information content (AvgIpc) is 3.23. The van der Waals surface area contributed by atoms with Crippen LogP contribution in [0.5, 0.6) is 0 Å². The highest BCUT2D eigenvalue weighted by molar-refractivity contribution is 8.02. The van der Waals surface area contributed by atoms with Gasteiger partial charge in [0.2, 0.25) is 11.8 Å². The minimum absolute atomic E-state index is 0.104. The molecule has 1 N–H and O–H groups in total. The highest BCUT2D eigenvalue weighted by atomic mass is 35.5. The molecule has 3 amide bonds. The molecule has 6 atom stereocenters. The zero-order chi connectivity index (χ0) is 28.2. The molecule has 1 unspecified atom stereocenters. The Labute approximate surface area is 243 Å². The van der Waals surface area contributed by atoms with Crippen molar-refractivity contribution in [1.29, 1.82) is 0 Å². The molecule has 2 aromatic rings. The van der Waals surface area contributed by atoms with E-state index in [0.717, 1.165) is 5.56 Å². The summed E-state index contributed by atoms with van der Waals surface area (Å²) < 4.78 is -1.67. The van der Waals surface area contributed by atoms with Crippen molar-refractivity contribution in [2.24, 2.45) is 11.8 Å². The van der Waals surface area contributed by atoms with E-state index in [9.17, 15) is 19.5 Å². The summed E-state index contributed by atoms with van der Waals surface area (Å²) in [7, 11) is 1.75. The second-order valence-electron chi connectivity index (χ2n) is 11.2. The first-order chi connectivity index (χ1) is 19.2. The Kier molecular flexibility index (Phi) is 6.84. The van der Waals surface area contributed by atoms with Crippen molar-refractivity contribution >= 4 is 46.8 Å². The number of aliphatic hydroxyl groups is 1. The van der Waals surface area contributed by atoms with Gasteiger partial charge in [0.05, 0.1) is 39.9 Å². The normalized spacial score (nSPS) is 32.0. The lowest BCUT2D eigenvalue weighted by Gasteiger charge is -2.40. The van der Waals surface area contributed by atoms with Crippen LogP contribution in [-0.2, 0) is 20.8 Å². The number of halogens is 1. The van der Waals surface area contributed by atoms with E-state index in [4.69, 9.17) is 11.6 Å². The molecule has 0 aliphatic carbocycles. The molecular formula is C31H32ClN3O4S. The van der Waals surface area contributed by atoms with Gasteiger partial charge in [-0.25, -0.2) is 0 Å². The molecule has 7 nitrogen and oxygen atoms in total.